The van der Waals surface area contributed by atoms with Crippen LogP contribution in [0.4, 0.5) is 5.95 Å². The topological polar surface area (TPSA) is 77.6 Å². The summed E-state index contributed by atoms with van der Waals surface area (Å²) in [6.07, 6.45) is 5.20. The molecule has 2 N–H and O–H groups in total. The van der Waals surface area contributed by atoms with Gasteiger partial charge in [-0.2, -0.15) is 0 Å². The first kappa shape index (κ1) is 11.7. The Hall–Kier alpha value is -2.34. The average Bonchev–Trinajstić information content (AvgIpc) is 2.82. The molecule has 6 heteroatoms. The second-order valence-corrected chi connectivity index (χ2v) is 4.97. The lowest BCUT2D eigenvalue weighted by atomic mass is 10.3. The van der Waals surface area contributed by atoms with E-state index in [1.54, 1.807) is 29.9 Å². The van der Waals surface area contributed by atoms with Crippen LogP contribution in [0.15, 0.2) is 36.8 Å². The zero-order chi connectivity index (χ0) is 13.2. The molecule has 5 nitrogen and oxygen atoms in total. The minimum Gasteiger partial charge on any atom is -0.368 e. The van der Waals surface area contributed by atoms with Crippen LogP contribution >= 0.6 is 11.3 Å². The standard InChI is InChI=1S/C13H11N5S/c1-8-11(10-4-6-16-13(14)18-10)19-12(17-8)9-3-2-5-15-7-9/h2-7H,1H3,(H2,14,16,18). The zero-order valence-electron chi connectivity index (χ0n) is 10.2. The van der Waals surface area contributed by atoms with Gasteiger partial charge in [-0.15, -0.1) is 11.3 Å². The number of hydrogen-bond acceptors (Lipinski definition) is 6. The Bertz CT molecular complexity index is 708. The van der Waals surface area contributed by atoms with Crippen molar-refractivity contribution in [2.75, 3.05) is 5.73 Å². The number of nitrogens with zero attached hydrogens (tertiary/aromatic N) is 4. The number of rotatable bonds is 2. The third-order valence-electron chi connectivity index (χ3n) is 2.61. The van der Waals surface area contributed by atoms with Gasteiger partial charge in [0.2, 0.25) is 5.95 Å². The largest absolute Gasteiger partial charge is 0.368 e. The summed E-state index contributed by atoms with van der Waals surface area (Å²) < 4.78 is 0. The maximum atomic E-state index is 5.62. The minimum atomic E-state index is 0.272. The van der Waals surface area contributed by atoms with Crippen LogP contribution in [0.5, 0.6) is 0 Å². The van der Waals surface area contributed by atoms with Crippen LogP contribution in [0.2, 0.25) is 0 Å². The zero-order valence-corrected chi connectivity index (χ0v) is 11.1. The number of hydrogen-bond donors (Lipinski definition) is 1. The molecule has 0 spiro atoms. The van der Waals surface area contributed by atoms with Crippen LogP contribution in [0, 0.1) is 6.92 Å². The lowest BCUT2D eigenvalue weighted by Crippen LogP contribution is -1.94. The first-order valence-electron chi connectivity index (χ1n) is 5.71. The molecule has 0 unspecified atom stereocenters. The maximum absolute atomic E-state index is 5.62. The van der Waals surface area contributed by atoms with Gasteiger partial charge in [-0.3, -0.25) is 4.98 Å². The molecule has 0 saturated carbocycles. The van der Waals surface area contributed by atoms with Crippen LogP contribution < -0.4 is 5.73 Å². The summed E-state index contributed by atoms with van der Waals surface area (Å²) in [7, 11) is 0. The molecule has 0 aromatic carbocycles. The molecule has 0 bridgehead atoms. The lowest BCUT2D eigenvalue weighted by molar-refractivity contribution is 1.18. The average molecular weight is 269 g/mol. The predicted octanol–water partition coefficient (Wildman–Crippen LogP) is 2.55. The van der Waals surface area contributed by atoms with E-state index in [0.717, 1.165) is 26.8 Å². The quantitative estimate of drug-likeness (QED) is 0.773. The fraction of sp³-hybridized carbons (Fsp3) is 0.0769. The number of aromatic nitrogens is 4. The molecular formula is C13H11N5S. The SMILES string of the molecule is Cc1nc(-c2cccnc2)sc1-c1ccnc(N)n1. The monoisotopic (exact) mass is 269 g/mol. The molecule has 0 fully saturated rings. The molecule has 3 heterocycles. The molecule has 3 aromatic heterocycles. The van der Waals surface area contributed by atoms with Gasteiger partial charge in [0.1, 0.15) is 5.01 Å². The van der Waals surface area contributed by atoms with Crippen LogP contribution in [0.1, 0.15) is 5.69 Å². The normalized spacial score (nSPS) is 10.6. The lowest BCUT2D eigenvalue weighted by Gasteiger charge is -1.97. The molecule has 94 valence electrons. The summed E-state index contributed by atoms with van der Waals surface area (Å²) in [6.45, 7) is 1.96. The second kappa shape index (κ2) is 4.74. The highest BCUT2D eigenvalue weighted by molar-refractivity contribution is 7.18. The number of anilines is 1. The van der Waals surface area contributed by atoms with E-state index < -0.39 is 0 Å². The van der Waals surface area contributed by atoms with Crippen molar-refractivity contribution in [1.82, 2.24) is 19.9 Å². The Balaban J connectivity index is 2.08. The van der Waals surface area contributed by atoms with Gasteiger partial charge in [-0.05, 0) is 25.1 Å². The first-order valence-corrected chi connectivity index (χ1v) is 6.52. The Labute approximate surface area is 114 Å². The van der Waals surface area contributed by atoms with Gasteiger partial charge in [-0.25, -0.2) is 15.0 Å². The van der Waals surface area contributed by atoms with Crippen LogP contribution in [0.3, 0.4) is 0 Å². The van der Waals surface area contributed by atoms with E-state index in [-0.39, 0.29) is 5.95 Å². The van der Waals surface area contributed by atoms with Crippen molar-refractivity contribution < 1.29 is 0 Å². The van der Waals surface area contributed by atoms with Crippen molar-refractivity contribution in [3.8, 4) is 21.1 Å². The highest BCUT2D eigenvalue weighted by Gasteiger charge is 2.12. The third-order valence-corrected chi connectivity index (χ3v) is 3.84. The fourth-order valence-corrected chi connectivity index (χ4v) is 2.77. The highest BCUT2D eigenvalue weighted by Crippen LogP contribution is 2.33. The summed E-state index contributed by atoms with van der Waals surface area (Å²) in [5.74, 6) is 0.272. The van der Waals surface area contributed by atoms with E-state index in [4.69, 9.17) is 5.73 Å². The molecular weight excluding hydrogens is 258 g/mol. The smallest absolute Gasteiger partial charge is 0.220 e. The van der Waals surface area contributed by atoms with Crippen LogP contribution in [-0.4, -0.2) is 19.9 Å². The van der Waals surface area contributed by atoms with Crippen molar-refractivity contribution in [2.24, 2.45) is 0 Å². The van der Waals surface area contributed by atoms with E-state index in [9.17, 15) is 0 Å². The summed E-state index contributed by atoms with van der Waals surface area (Å²) >= 11 is 1.58. The predicted molar refractivity (Wildman–Crippen MR) is 75.5 cm³/mol. The Kier molecular flexibility index (Phi) is 2.92. The van der Waals surface area contributed by atoms with Gasteiger partial charge in [0, 0.05) is 24.2 Å². The molecule has 0 aliphatic heterocycles. The van der Waals surface area contributed by atoms with Gasteiger partial charge in [0.15, 0.2) is 0 Å². The number of aryl methyl sites for hydroxylation is 1. The van der Waals surface area contributed by atoms with Gasteiger partial charge in [-0.1, -0.05) is 0 Å². The number of thiazole rings is 1. The van der Waals surface area contributed by atoms with E-state index in [2.05, 4.69) is 19.9 Å². The first-order chi connectivity index (χ1) is 9.24. The van der Waals surface area contributed by atoms with Gasteiger partial charge >= 0.3 is 0 Å². The van der Waals surface area contributed by atoms with Crippen molar-refractivity contribution >= 4 is 17.3 Å². The fourth-order valence-electron chi connectivity index (χ4n) is 1.75. The van der Waals surface area contributed by atoms with Crippen molar-refractivity contribution in [3.63, 3.8) is 0 Å². The number of nitrogens with two attached hydrogens (primary N) is 1. The Morgan fingerprint density at radius 2 is 2.05 bits per heavy atom. The summed E-state index contributed by atoms with van der Waals surface area (Å²) in [5, 5.41) is 0.929. The summed E-state index contributed by atoms with van der Waals surface area (Å²) in [4.78, 5) is 17.8. The number of nitrogen functional groups attached to an aromatic ring is 1. The molecule has 0 atom stereocenters. The van der Waals surface area contributed by atoms with Crippen molar-refractivity contribution in [1.29, 1.82) is 0 Å². The highest BCUT2D eigenvalue weighted by atomic mass is 32.1. The summed E-state index contributed by atoms with van der Waals surface area (Å²) in [6, 6.07) is 5.72. The Morgan fingerprint density at radius 3 is 2.79 bits per heavy atom. The van der Waals surface area contributed by atoms with Crippen molar-refractivity contribution in [3.05, 3.63) is 42.5 Å². The molecule has 0 amide bonds. The molecule has 3 aromatic rings. The summed E-state index contributed by atoms with van der Waals surface area (Å²) in [5.41, 5.74) is 8.36. The van der Waals surface area contributed by atoms with Crippen LogP contribution in [0.25, 0.3) is 21.1 Å². The molecule has 0 aliphatic rings. The van der Waals surface area contributed by atoms with Gasteiger partial charge < -0.3 is 5.73 Å². The van der Waals surface area contributed by atoms with Crippen molar-refractivity contribution in [2.45, 2.75) is 6.92 Å². The number of pyridine rings is 1. The van der Waals surface area contributed by atoms with Crippen LogP contribution in [-0.2, 0) is 0 Å². The molecule has 3 rings (SSSR count). The molecule has 19 heavy (non-hydrogen) atoms. The van der Waals surface area contributed by atoms with E-state index in [0.29, 0.717) is 0 Å². The maximum Gasteiger partial charge on any atom is 0.220 e. The molecule has 0 saturated heterocycles. The van der Waals surface area contributed by atoms with Gasteiger partial charge in [0.05, 0.1) is 16.3 Å². The van der Waals surface area contributed by atoms with E-state index in [1.807, 2.05) is 25.1 Å². The molecule has 0 aliphatic carbocycles. The van der Waals surface area contributed by atoms with E-state index in [1.165, 1.54) is 0 Å². The van der Waals surface area contributed by atoms with E-state index >= 15 is 0 Å². The van der Waals surface area contributed by atoms with Gasteiger partial charge in [0.25, 0.3) is 0 Å². The second-order valence-electron chi connectivity index (χ2n) is 3.98. The molecule has 0 radical (unpaired) electrons. The third kappa shape index (κ3) is 2.30. The Morgan fingerprint density at radius 1 is 1.16 bits per heavy atom. The minimum absolute atomic E-state index is 0.272.